The molecule has 0 bridgehead atoms. The molecule has 2 rings (SSSR count). The first-order chi connectivity index (χ1) is 11.4. The van der Waals surface area contributed by atoms with Crippen molar-refractivity contribution < 1.29 is 13.2 Å². The monoisotopic (exact) mass is 366 g/mol. The third-order valence-electron chi connectivity index (χ3n) is 3.68. The van der Waals surface area contributed by atoms with Gasteiger partial charge < -0.3 is 5.32 Å². The minimum absolute atomic E-state index is 0.0179. The van der Waals surface area contributed by atoms with E-state index in [1.807, 2.05) is 13.8 Å². The average Bonchev–Trinajstić information content (AvgIpc) is 3.09. The molecular weight excluding hydrogens is 344 g/mol. The number of benzene rings is 1. The number of amides is 1. The van der Waals surface area contributed by atoms with Crippen molar-refractivity contribution in [2.24, 2.45) is 0 Å². The van der Waals surface area contributed by atoms with Crippen molar-refractivity contribution in [1.82, 2.24) is 5.32 Å². The van der Waals surface area contributed by atoms with E-state index in [1.54, 1.807) is 41.8 Å². The van der Waals surface area contributed by atoms with Crippen LogP contribution < -0.4 is 10.0 Å². The van der Waals surface area contributed by atoms with Crippen LogP contribution in [-0.2, 0) is 21.2 Å². The number of hydrogen-bond acceptors (Lipinski definition) is 4. The van der Waals surface area contributed by atoms with Crippen molar-refractivity contribution in [2.45, 2.75) is 43.4 Å². The van der Waals surface area contributed by atoms with Gasteiger partial charge in [0.25, 0.3) is 10.0 Å². The standard InChI is InChI=1S/C17H22N2O3S2/c1-3-14(4-2)18-16(20)12-13-7-9-15(10-8-13)19-24(21,22)17-6-5-11-23-17/h5-11,14,19H,3-4,12H2,1-2H3,(H,18,20). The highest BCUT2D eigenvalue weighted by Gasteiger charge is 2.15. The number of nitrogens with one attached hydrogen (secondary N) is 2. The molecule has 1 aromatic heterocycles. The Balaban J connectivity index is 1.97. The molecular formula is C17H22N2O3S2. The Morgan fingerprint density at radius 3 is 2.33 bits per heavy atom. The molecule has 0 aliphatic carbocycles. The fraction of sp³-hybridized carbons (Fsp3) is 0.353. The molecule has 2 N–H and O–H groups in total. The Bertz CT molecular complexity index is 750. The molecule has 0 atom stereocenters. The zero-order valence-corrected chi connectivity index (χ0v) is 15.4. The quantitative estimate of drug-likeness (QED) is 0.752. The van der Waals surface area contributed by atoms with Crippen molar-refractivity contribution in [3.63, 3.8) is 0 Å². The van der Waals surface area contributed by atoms with E-state index in [-0.39, 0.29) is 22.6 Å². The molecule has 0 spiro atoms. The van der Waals surface area contributed by atoms with E-state index in [2.05, 4.69) is 10.0 Å². The number of carbonyl (C=O) groups excluding carboxylic acids is 1. The van der Waals surface area contributed by atoms with Crippen LogP contribution in [0.4, 0.5) is 5.69 Å². The summed E-state index contributed by atoms with van der Waals surface area (Å²) in [7, 11) is -3.54. The summed E-state index contributed by atoms with van der Waals surface area (Å²) < 4.78 is 27.1. The zero-order valence-electron chi connectivity index (χ0n) is 13.8. The molecule has 130 valence electrons. The van der Waals surface area contributed by atoms with Crippen molar-refractivity contribution in [3.05, 3.63) is 47.3 Å². The van der Waals surface area contributed by atoms with E-state index < -0.39 is 10.0 Å². The average molecular weight is 367 g/mol. The first-order valence-electron chi connectivity index (χ1n) is 7.89. The number of carbonyl (C=O) groups is 1. The van der Waals surface area contributed by atoms with Crippen LogP contribution in [0.5, 0.6) is 0 Å². The molecule has 7 heteroatoms. The second kappa shape index (κ2) is 8.30. The Morgan fingerprint density at radius 1 is 1.12 bits per heavy atom. The number of anilines is 1. The normalized spacial score (nSPS) is 11.5. The van der Waals surface area contributed by atoms with Crippen LogP contribution in [0.15, 0.2) is 46.0 Å². The fourth-order valence-electron chi connectivity index (χ4n) is 2.27. The van der Waals surface area contributed by atoms with Gasteiger partial charge in [0.1, 0.15) is 4.21 Å². The van der Waals surface area contributed by atoms with Gasteiger partial charge in [-0.15, -0.1) is 11.3 Å². The lowest BCUT2D eigenvalue weighted by Crippen LogP contribution is -2.34. The van der Waals surface area contributed by atoms with Crippen LogP contribution in [0, 0.1) is 0 Å². The van der Waals surface area contributed by atoms with E-state index in [0.717, 1.165) is 18.4 Å². The van der Waals surface area contributed by atoms with Crippen molar-refractivity contribution in [1.29, 1.82) is 0 Å². The Kier molecular flexibility index (Phi) is 6.39. The molecule has 24 heavy (non-hydrogen) atoms. The van der Waals surface area contributed by atoms with E-state index in [1.165, 1.54) is 11.3 Å². The Hall–Kier alpha value is -1.86. The van der Waals surface area contributed by atoms with Crippen molar-refractivity contribution in [3.8, 4) is 0 Å². The number of thiophene rings is 1. The van der Waals surface area contributed by atoms with Crippen molar-refractivity contribution in [2.75, 3.05) is 4.72 Å². The third-order valence-corrected chi connectivity index (χ3v) is 6.46. The second-order valence-electron chi connectivity index (χ2n) is 5.49. The van der Waals surface area contributed by atoms with Crippen LogP contribution in [0.25, 0.3) is 0 Å². The van der Waals surface area contributed by atoms with Gasteiger partial charge in [-0.1, -0.05) is 32.0 Å². The SMILES string of the molecule is CCC(CC)NC(=O)Cc1ccc(NS(=O)(=O)c2cccs2)cc1. The van der Waals surface area contributed by atoms with Crippen LogP contribution in [0.3, 0.4) is 0 Å². The Morgan fingerprint density at radius 2 is 1.79 bits per heavy atom. The predicted molar refractivity (Wildman–Crippen MR) is 97.8 cm³/mol. The van der Waals surface area contributed by atoms with Gasteiger partial charge in [0, 0.05) is 11.7 Å². The summed E-state index contributed by atoms with van der Waals surface area (Å²) in [5.74, 6) is -0.0179. The van der Waals surface area contributed by atoms with Gasteiger partial charge in [-0.3, -0.25) is 9.52 Å². The second-order valence-corrected chi connectivity index (χ2v) is 8.35. The van der Waals surface area contributed by atoms with Gasteiger partial charge in [-0.25, -0.2) is 8.42 Å². The number of hydrogen-bond donors (Lipinski definition) is 2. The van der Waals surface area contributed by atoms with Gasteiger partial charge in [0.2, 0.25) is 5.91 Å². The van der Waals surface area contributed by atoms with Crippen LogP contribution in [0.2, 0.25) is 0 Å². The summed E-state index contributed by atoms with van der Waals surface area (Å²) in [5.41, 5.74) is 1.32. The molecule has 1 amide bonds. The fourth-order valence-corrected chi connectivity index (χ4v) is 4.32. The molecule has 0 aliphatic heterocycles. The van der Waals surface area contributed by atoms with Gasteiger partial charge in [-0.2, -0.15) is 0 Å². The Labute approximate surface area is 147 Å². The van der Waals surface area contributed by atoms with Crippen molar-refractivity contribution >= 4 is 33.0 Å². The van der Waals surface area contributed by atoms with E-state index in [0.29, 0.717) is 5.69 Å². The van der Waals surface area contributed by atoms with Crippen LogP contribution in [0.1, 0.15) is 32.3 Å². The summed E-state index contributed by atoms with van der Waals surface area (Å²) in [6.45, 7) is 4.09. The van der Waals surface area contributed by atoms with Crippen LogP contribution in [-0.4, -0.2) is 20.4 Å². The summed E-state index contributed by atoms with van der Waals surface area (Å²) >= 11 is 1.17. The van der Waals surface area contributed by atoms with Gasteiger partial charge >= 0.3 is 0 Å². The highest BCUT2D eigenvalue weighted by molar-refractivity contribution is 7.94. The first kappa shape index (κ1) is 18.5. The maximum Gasteiger partial charge on any atom is 0.271 e. The molecule has 2 aromatic rings. The maximum absolute atomic E-state index is 12.1. The zero-order chi connectivity index (χ0) is 17.6. The molecule has 0 unspecified atom stereocenters. The first-order valence-corrected chi connectivity index (χ1v) is 10.3. The molecule has 1 aromatic carbocycles. The number of sulfonamides is 1. The lowest BCUT2D eigenvalue weighted by Gasteiger charge is -2.14. The van der Waals surface area contributed by atoms with Crippen LogP contribution >= 0.6 is 11.3 Å². The summed E-state index contributed by atoms with van der Waals surface area (Å²) in [4.78, 5) is 12.0. The summed E-state index contributed by atoms with van der Waals surface area (Å²) in [6.07, 6.45) is 2.10. The molecule has 0 saturated heterocycles. The maximum atomic E-state index is 12.1. The minimum atomic E-state index is -3.54. The molecule has 1 heterocycles. The predicted octanol–water partition coefficient (Wildman–Crippen LogP) is 3.40. The largest absolute Gasteiger partial charge is 0.353 e. The lowest BCUT2D eigenvalue weighted by molar-refractivity contribution is -0.121. The smallest absolute Gasteiger partial charge is 0.271 e. The molecule has 5 nitrogen and oxygen atoms in total. The topological polar surface area (TPSA) is 75.3 Å². The third kappa shape index (κ3) is 5.07. The lowest BCUT2D eigenvalue weighted by atomic mass is 10.1. The van der Waals surface area contributed by atoms with E-state index in [4.69, 9.17) is 0 Å². The van der Waals surface area contributed by atoms with E-state index >= 15 is 0 Å². The molecule has 0 saturated carbocycles. The molecule has 0 aliphatic rings. The number of rotatable bonds is 8. The molecule has 0 radical (unpaired) electrons. The highest BCUT2D eigenvalue weighted by Crippen LogP contribution is 2.20. The van der Waals surface area contributed by atoms with E-state index in [9.17, 15) is 13.2 Å². The van der Waals surface area contributed by atoms with Gasteiger partial charge in [0.05, 0.1) is 6.42 Å². The molecule has 0 fully saturated rings. The minimum Gasteiger partial charge on any atom is -0.353 e. The summed E-state index contributed by atoms with van der Waals surface area (Å²) in [5, 5.41) is 4.71. The van der Waals surface area contributed by atoms with Gasteiger partial charge in [-0.05, 0) is 42.0 Å². The summed E-state index contributed by atoms with van der Waals surface area (Å²) in [6, 6.07) is 10.3. The van der Waals surface area contributed by atoms with Gasteiger partial charge in [0.15, 0.2) is 0 Å². The highest BCUT2D eigenvalue weighted by atomic mass is 32.2.